The number of aromatic carboxylic acids is 1. The molecule has 0 radical (unpaired) electrons. The Morgan fingerprint density at radius 1 is 1.13 bits per heavy atom. The molecule has 2 rings (SSSR count). The summed E-state index contributed by atoms with van der Waals surface area (Å²) < 4.78 is 5.11. The molecule has 0 aliphatic carbocycles. The summed E-state index contributed by atoms with van der Waals surface area (Å²) in [6.07, 6.45) is 3.21. The molecular formula is C17H16N2O4. The van der Waals surface area contributed by atoms with Gasteiger partial charge in [0.2, 0.25) is 0 Å². The molecule has 2 amide bonds. The van der Waals surface area contributed by atoms with Crippen molar-refractivity contribution in [3.8, 4) is 5.75 Å². The number of hydrogen-bond donors (Lipinski definition) is 3. The number of carbonyl (C=O) groups excluding carboxylic acids is 1. The summed E-state index contributed by atoms with van der Waals surface area (Å²) in [6.45, 7) is 0. The SMILES string of the molecule is COc1cccc(/C=C/NC(=O)Nc2cccc(C(=O)O)c2)c1. The number of hydrogen-bond acceptors (Lipinski definition) is 3. The van der Waals surface area contributed by atoms with Crippen LogP contribution in [0.4, 0.5) is 10.5 Å². The zero-order chi connectivity index (χ0) is 16.7. The van der Waals surface area contributed by atoms with Crippen LogP contribution in [0.1, 0.15) is 15.9 Å². The number of nitrogens with one attached hydrogen (secondary N) is 2. The number of rotatable bonds is 5. The number of carboxylic acid groups (broad SMARTS) is 1. The van der Waals surface area contributed by atoms with Gasteiger partial charge >= 0.3 is 12.0 Å². The van der Waals surface area contributed by atoms with Crippen molar-refractivity contribution in [3.05, 3.63) is 65.9 Å². The van der Waals surface area contributed by atoms with E-state index >= 15 is 0 Å². The van der Waals surface area contributed by atoms with Crippen LogP contribution >= 0.6 is 0 Å². The smallest absolute Gasteiger partial charge is 0.335 e. The van der Waals surface area contributed by atoms with E-state index in [4.69, 9.17) is 9.84 Å². The van der Waals surface area contributed by atoms with Gasteiger partial charge in [-0.3, -0.25) is 0 Å². The second-order valence-corrected chi connectivity index (χ2v) is 4.59. The fraction of sp³-hybridized carbons (Fsp3) is 0.0588. The molecule has 118 valence electrons. The minimum Gasteiger partial charge on any atom is -0.497 e. The lowest BCUT2D eigenvalue weighted by atomic mass is 10.2. The number of anilines is 1. The molecule has 6 nitrogen and oxygen atoms in total. The number of amides is 2. The van der Waals surface area contributed by atoms with E-state index < -0.39 is 12.0 Å². The van der Waals surface area contributed by atoms with Crippen molar-refractivity contribution in [2.24, 2.45) is 0 Å². The number of benzene rings is 2. The van der Waals surface area contributed by atoms with Gasteiger partial charge in [0.05, 0.1) is 12.7 Å². The van der Waals surface area contributed by atoms with Crippen LogP contribution in [0.3, 0.4) is 0 Å². The Morgan fingerprint density at radius 2 is 1.91 bits per heavy atom. The van der Waals surface area contributed by atoms with E-state index in [1.54, 1.807) is 25.3 Å². The Labute approximate surface area is 133 Å². The van der Waals surface area contributed by atoms with Crippen LogP contribution in [-0.2, 0) is 0 Å². The van der Waals surface area contributed by atoms with Crippen molar-refractivity contribution in [2.45, 2.75) is 0 Å². The van der Waals surface area contributed by atoms with Crippen LogP contribution in [0.5, 0.6) is 5.75 Å². The molecular weight excluding hydrogens is 296 g/mol. The van der Waals surface area contributed by atoms with Gasteiger partial charge in [-0.2, -0.15) is 0 Å². The minimum atomic E-state index is -1.05. The third kappa shape index (κ3) is 4.89. The summed E-state index contributed by atoms with van der Waals surface area (Å²) in [5.74, 6) is -0.325. The zero-order valence-electron chi connectivity index (χ0n) is 12.4. The zero-order valence-corrected chi connectivity index (χ0v) is 12.4. The van der Waals surface area contributed by atoms with Gasteiger partial charge in [0.25, 0.3) is 0 Å². The van der Waals surface area contributed by atoms with E-state index in [0.29, 0.717) is 5.69 Å². The van der Waals surface area contributed by atoms with Gasteiger partial charge < -0.3 is 20.5 Å². The monoisotopic (exact) mass is 312 g/mol. The maximum Gasteiger partial charge on any atom is 0.335 e. The van der Waals surface area contributed by atoms with Gasteiger partial charge in [-0.05, 0) is 42.0 Å². The number of methoxy groups -OCH3 is 1. The van der Waals surface area contributed by atoms with Crippen LogP contribution in [0.2, 0.25) is 0 Å². The molecule has 2 aromatic rings. The Morgan fingerprint density at radius 3 is 2.65 bits per heavy atom. The van der Waals surface area contributed by atoms with Crippen molar-refractivity contribution >= 4 is 23.8 Å². The van der Waals surface area contributed by atoms with Gasteiger partial charge in [0, 0.05) is 11.9 Å². The van der Waals surface area contributed by atoms with Crippen molar-refractivity contribution in [1.29, 1.82) is 0 Å². The van der Waals surface area contributed by atoms with E-state index in [9.17, 15) is 9.59 Å². The normalized spacial score (nSPS) is 10.3. The van der Waals surface area contributed by atoms with Crippen molar-refractivity contribution < 1.29 is 19.4 Å². The Balaban J connectivity index is 1.93. The molecule has 0 saturated heterocycles. The van der Waals surface area contributed by atoms with Crippen LogP contribution < -0.4 is 15.4 Å². The van der Waals surface area contributed by atoms with Crippen LogP contribution in [-0.4, -0.2) is 24.2 Å². The lowest BCUT2D eigenvalue weighted by Gasteiger charge is -2.05. The molecule has 0 heterocycles. The molecule has 0 unspecified atom stereocenters. The number of urea groups is 1. The first-order valence-electron chi connectivity index (χ1n) is 6.80. The number of carboxylic acids is 1. The number of carbonyl (C=O) groups is 2. The van der Waals surface area contributed by atoms with E-state index in [-0.39, 0.29) is 5.56 Å². The predicted octanol–water partition coefficient (Wildman–Crippen LogP) is 3.19. The predicted molar refractivity (Wildman–Crippen MR) is 87.6 cm³/mol. The summed E-state index contributed by atoms with van der Waals surface area (Å²) in [5, 5.41) is 14.0. The summed E-state index contributed by atoms with van der Waals surface area (Å²) in [5.41, 5.74) is 1.38. The quantitative estimate of drug-likeness (QED) is 0.791. The van der Waals surface area contributed by atoms with Crippen molar-refractivity contribution in [1.82, 2.24) is 5.32 Å². The fourth-order valence-electron chi connectivity index (χ4n) is 1.86. The van der Waals surface area contributed by atoms with Gasteiger partial charge in [-0.1, -0.05) is 18.2 Å². The molecule has 0 bridgehead atoms. The first-order chi connectivity index (χ1) is 11.1. The van der Waals surface area contributed by atoms with Crippen LogP contribution in [0.15, 0.2) is 54.7 Å². The highest BCUT2D eigenvalue weighted by atomic mass is 16.5. The largest absolute Gasteiger partial charge is 0.497 e. The Kier molecular flexibility index (Phi) is 5.35. The van der Waals surface area contributed by atoms with E-state index in [1.165, 1.54) is 18.3 Å². The van der Waals surface area contributed by atoms with Gasteiger partial charge in [-0.25, -0.2) is 9.59 Å². The molecule has 0 spiro atoms. The average Bonchev–Trinajstić information content (AvgIpc) is 2.55. The summed E-state index contributed by atoms with van der Waals surface area (Å²) >= 11 is 0. The third-order valence-corrected chi connectivity index (χ3v) is 2.95. The molecule has 0 atom stereocenters. The summed E-state index contributed by atoms with van der Waals surface area (Å²) in [7, 11) is 1.58. The van der Waals surface area contributed by atoms with E-state index in [1.807, 2.05) is 24.3 Å². The van der Waals surface area contributed by atoms with Crippen molar-refractivity contribution in [2.75, 3.05) is 12.4 Å². The highest BCUT2D eigenvalue weighted by Gasteiger charge is 2.04. The highest BCUT2D eigenvalue weighted by Crippen LogP contribution is 2.13. The third-order valence-electron chi connectivity index (χ3n) is 2.95. The van der Waals surface area contributed by atoms with Crippen LogP contribution in [0.25, 0.3) is 6.08 Å². The molecule has 2 aromatic carbocycles. The van der Waals surface area contributed by atoms with E-state index in [2.05, 4.69) is 10.6 Å². The summed E-state index contributed by atoms with van der Waals surface area (Å²) in [4.78, 5) is 22.6. The first-order valence-corrected chi connectivity index (χ1v) is 6.80. The lowest BCUT2D eigenvalue weighted by molar-refractivity contribution is 0.0697. The second-order valence-electron chi connectivity index (χ2n) is 4.59. The minimum absolute atomic E-state index is 0.106. The standard InChI is InChI=1S/C17H16N2O4/c1-23-15-7-2-4-12(10-15)8-9-18-17(22)19-14-6-3-5-13(11-14)16(20)21/h2-11H,1H3,(H,20,21)(H2,18,19,22)/b9-8+. The second kappa shape index (κ2) is 7.65. The molecule has 0 fully saturated rings. The molecule has 6 heteroatoms. The van der Waals surface area contributed by atoms with Gasteiger partial charge in [0.15, 0.2) is 0 Å². The fourth-order valence-corrected chi connectivity index (χ4v) is 1.86. The molecule has 23 heavy (non-hydrogen) atoms. The summed E-state index contributed by atoms with van der Waals surface area (Å²) in [6, 6.07) is 12.9. The Bertz CT molecular complexity index is 741. The average molecular weight is 312 g/mol. The molecule has 0 aromatic heterocycles. The molecule has 0 aliphatic heterocycles. The van der Waals surface area contributed by atoms with Crippen molar-refractivity contribution in [3.63, 3.8) is 0 Å². The molecule has 3 N–H and O–H groups in total. The lowest BCUT2D eigenvalue weighted by Crippen LogP contribution is -2.23. The maximum absolute atomic E-state index is 11.8. The van der Waals surface area contributed by atoms with Gasteiger partial charge in [0.1, 0.15) is 5.75 Å². The van der Waals surface area contributed by atoms with Gasteiger partial charge in [-0.15, -0.1) is 0 Å². The highest BCUT2D eigenvalue weighted by molar-refractivity contribution is 5.93. The molecule has 0 saturated carbocycles. The topological polar surface area (TPSA) is 87.7 Å². The Hall–Kier alpha value is -3.28. The van der Waals surface area contributed by atoms with E-state index in [0.717, 1.165) is 11.3 Å². The molecule has 0 aliphatic rings. The van der Waals surface area contributed by atoms with Crippen LogP contribution in [0, 0.1) is 0 Å². The number of ether oxygens (including phenoxy) is 1. The first kappa shape index (κ1) is 16.1. The maximum atomic E-state index is 11.8.